The molecule has 0 atom stereocenters. The van der Waals surface area contributed by atoms with Gasteiger partial charge in [-0.05, 0) is 53.0 Å². The topological polar surface area (TPSA) is 75.0 Å². The molecule has 0 saturated heterocycles. The first-order chi connectivity index (χ1) is 20.9. The molecule has 44 heavy (non-hydrogen) atoms. The van der Waals surface area contributed by atoms with E-state index in [1.165, 1.54) is 0 Å². The molecule has 1 aliphatic rings. The number of fused-ring (bicyclic) bond motifs is 3. The Kier molecular flexibility index (Phi) is 9.69. The van der Waals surface area contributed by atoms with E-state index in [9.17, 15) is 5.11 Å². The van der Waals surface area contributed by atoms with Gasteiger partial charge in [0.05, 0.1) is 18.5 Å². The number of ether oxygens (including phenoxy) is 4. The molecule has 0 fully saturated rings. The minimum Gasteiger partial charge on any atom is -0.504 e. The first-order valence-electron chi connectivity index (χ1n) is 15.4. The summed E-state index contributed by atoms with van der Waals surface area (Å²) in [7, 11) is -0.723. The fourth-order valence-corrected chi connectivity index (χ4v) is 6.78. The van der Waals surface area contributed by atoms with Gasteiger partial charge in [0.1, 0.15) is 12.5 Å². The molecular weight excluding hydrogens is 585 g/mol. The maximum atomic E-state index is 10.6. The van der Waals surface area contributed by atoms with Crippen LogP contribution >= 0.6 is 0 Å². The molecule has 5 rings (SSSR count). The van der Waals surface area contributed by atoms with Crippen LogP contribution in [0.4, 0.5) is 0 Å². The summed E-state index contributed by atoms with van der Waals surface area (Å²) in [5, 5.41) is 15.6. The lowest BCUT2D eigenvalue weighted by molar-refractivity contribution is 0.0220. The van der Waals surface area contributed by atoms with Crippen molar-refractivity contribution >= 4 is 16.1 Å². The van der Waals surface area contributed by atoms with Gasteiger partial charge in [-0.2, -0.15) is 5.10 Å². The van der Waals surface area contributed by atoms with E-state index in [2.05, 4.69) is 75.7 Å². The summed E-state index contributed by atoms with van der Waals surface area (Å²) in [6.45, 7) is 16.2. The summed E-state index contributed by atoms with van der Waals surface area (Å²) in [4.78, 5) is 0. The lowest BCUT2D eigenvalue weighted by atomic mass is 10.0. The molecule has 234 valence electrons. The molecule has 7 nitrogen and oxygen atoms in total. The maximum Gasteiger partial charge on any atom is 0.189 e. The van der Waals surface area contributed by atoms with Crippen LogP contribution in [0.3, 0.4) is 0 Å². The zero-order valence-electron chi connectivity index (χ0n) is 27.2. The van der Waals surface area contributed by atoms with Crippen molar-refractivity contribution in [3.63, 3.8) is 0 Å². The number of methoxy groups -OCH3 is 1. The second-order valence-corrected chi connectivity index (χ2v) is 25.2. The van der Waals surface area contributed by atoms with Crippen LogP contribution in [-0.4, -0.2) is 58.2 Å². The van der Waals surface area contributed by atoms with Crippen LogP contribution in [0.2, 0.25) is 51.4 Å². The summed E-state index contributed by atoms with van der Waals surface area (Å²) in [5.74, 6) is 1.41. The molecule has 1 aromatic heterocycles. The van der Waals surface area contributed by atoms with Crippen molar-refractivity contribution < 1.29 is 24.1 Å². The summed E-state index contributed by atoms with van der Waals surface area (Å²) in [6, 6.07) is 22.6. The van der Waals surface area contributed by atoms with Gasteiger partial charge in [-0.3, -0.25) is 0 Å². The monoisotopic (exact) mass is 630 g/mol. The maximum absolute atomic E-state index is 10.6. The van der Waals surface area contributed by atoms with Gasteiger partial charge >= 0.3 is 0 Å². The molecule has 1 heterocycles. The molecule has 0 aliphatic heterocycles. The second kappa shape index (κ2) is 13.3. The highest BCUT2D eigenvalue weighted by atomic mass is 28.3. The highest BCUT2D eigenvalue weighted by Crippen LogP contribution is 2.45. The van der Waals surface area contributed by atoms with E-state index in [1.807, 2.05) is 22.9 Å². The van der Waals surface area contributed by atoms with Gasteiger partial charge < -0.3 is 24.1 Å². The van der Waals surface area contributed by atoms with E-state index < -0.39 is 16.1 Å². The lowest BCUT2D eigenvalue weighted by Crippen LogP contribution is -2.22. The summed E-state index contributed by atoms with van der Waals surface area (Å²) >= 11 is 0. The van der Waals surface area contributed by atoms with Crippen LogP contribution in [0.25, 0.3) is 33.6 Å². The Hall–Kier alpha value is -3.38. The van der Waals surface area contributed by atoms with Gasteiger partial charge in [-0.25, -0.2) is 4.68 Å². The van der Waals surface area contributed by atoms with E-state index >= 15 is 0 Å². The van der Waals surface area contributed by atoms with Gasteiger partial charge in [0, 0.05) is 52.5 Å². The van der Waals surface area contributed by atoms with Gasteiger partial charge in [0.2, 0.25) is 0 Å². The summed E-state index contributed by atoms with van der Waals surface area (Å²) in [5.41, 5.74) is 8.46. The Morgan fingerprint density at radius 3 is 2.00 bits per heavy atom. The molecule has 3 aromatic carbocycles. The predicted octanol–water partition coefficient (Wildman–Crippen LogP) is 8.51. The molecular formula is C35H46N2O5Si2. The Morgan fingerprint density at radius 2 is 1.39 bits per heavy atom. The van der Waals surface area contributed by atoms with Crippen LogP contribution in [0.1, 0.15) is 11.1 Å². The Bertz CT molecular complexity index is 1570. The molecule has 1 aliphatic carbocycles. The van der Waals surface area contributed by atoms with Crippen molar-refractivity contribution in [2.75, 3.05) is 27.1 Å². The fourth-order valence-electron chi connectivity index (χ4n) is 5.27. The molecule has 0 bridgehead atoms. The molecule has 9 heteroatoms. The highest BCUT2D eigenvalue weighted by Gasteiger charge is 2.30. The SMILES string of the molecule is COc1cc2c(cc1O)-c1c(c(-c3ccc(-c4ccc(OCOCC[Si](C)(C)C)cc4)cc3)nn1COCC[Si](C)(C)C)C2. The largest absolute Gasteiger partial charge is 0.504 e. The van der Waals surface area contributed by atoms with Crippen molar-refractivity contribution in [2.45, 2.75) is 64.5 Å². The van der Waals surface area contributed by atoms with Crippen LogP contribution in [0.5, 0.6) is 17.2 Å². The Morgan fingerprint density at radius 1 is 0.795 bits per heavy atom. The third-order valence-electron chi connectivity index (χ3n) is 7.94. The number of hydrogen-bond donors (Lipinski definition) is 1. The van der Waals surface area contributed by atoms with Gasteiger partial charge in [-0.15, -0.1) is 0 Å². The summed E-state index contributed by atoms with van der Waals surface area (Å²) in [6.07, 6.45) is 0.719. The van der Waals surface area contributed by atoms with E-state index in [-0.39, 0.29) is 12.5 Å². The van der Waals surface area contributed by atoms with Gasteiger partial charge in [0.15, 0.2) is 18.3 Å². The van der Waals surface area contributed by atoms with E-state index in [4.69, 9.17) is 24.0 Å². The Balaban J connectivity index is 1.32. The fraction of sp³-hybridized carbons (Fsp3) is 0.400. The molecule has 1 N–H and O–H groups in total. The molecule has 4 aromatic rings. The number of aromatic hydroxyl groups is 1. The zero-order chi connectivity index (χ0) is 31.5. The number of nitrogens with zero attached hydrogens (tertiary/aromatic N) is 2. The van der Waals surface area contributed by atoms with Crippen LogP contribution in [0, 0.1) is 0 Å². The third kappa shape index (κ3) is 7.82. The summed E-state index contributed by atoms with van der Waals surface area (Å²) < 4.78 is 24.9. The molecule has 0 saturated carbocycles. The van der Waals surface area contributed by atoms with Crippen LogP contribution in [0.15, 0.2) is 60.7 Å². The van der Waals surface area contributed by atoms with Crippen molar-refractivity contribution in [3.05, 3.63) is 71.8 Å². The average molecular weight is 631 g/mol. The quantitative estimate of drug-likeness (QED) is 0.0753. The number of aromatic nitrogens is 2. The van der Waals surface area contributed by atoms with Crippen molar-refractivity contribution in [1.82, 2.24) is 9.78 Å². The predicted molar refractivity (Wildman–Crippen MR) is 183 cm³/mol. The average Bonchev–Trinajstić information content (AvgIpc) is 3.51. The van der Waals surface area contributed by atoms with Crippen LogP contribution in [-0.2, 0) is 22.6 Å². The number of phenolic OH excluding ortho intramolecular Hbond substituents is 1. The Labute approximate surface area is 263 Å². The molecule has 0 spiro atoms. The van der Waals surface area contributed by atoms with Gasteiger partial charge in [0.25, 0.3) is 0 Å². The highest BCUT2D eigenvalue weighted by molar-refractivity contribution is 6.76. The zero-order valence-corrected chi connectivity index (χ0v) is 29.2. The number of rotatable bonds is 14. The number of phenols is 1. The standard InChI is InChI=1S/C35H46N2O5Si2/c1-39-33-21-28-20-31-34(36-37(23-40-16-18-43(2,3)4)35(31)30(28)22-32(33)38)27-10-8-25(9-11-27)26-12-14-29(15-13-26)42-24-41-17-19-44(5,6)7/h8-15,21-22,38H,16-20,23-24H2,1-7H3. The molecule has 0 unspecified atom stereocenters. The molecule has 0 amide bonds. The minimum atomic E-state index is -1.20. The van der Waals surface area contributed by atoms with Crippen molar-refractivity contribution in [1.29, 1.82) is 0 Å². The van der Waals surface area contributed by atoms with E-state index in [0.717, 1.165) is 75.6 Å². The molecule has 0 radical (unpaired) electrons. The van der Waals surface area contributed by atoms with E-state index in [1.54, 1.807) is 13.2 Å². The van der Waals surface area contributed by atoms with Gasteiger partial charge in [-0.1, -0.05) is 75.7 Å². The first-order valence-corrected chi connectivity index (χ1v) is 22.8. The van der Waals surface area contributed by atoms with Crippen LogP contribution < -0.4 is 9.47 Å². The second-order valence-electron chi connectivity index (χ2n) is 14.0. The van der Waals surface area contributed by atoms with Crippen molar-refractivity contribution in [2.24, 2.45) is 0 Å². The number of benzene rings is 3. The first kappa shape index (κ1) is 32.0. The minimum absolute atomic E-state index is 0.128. The third-order valence-corrected chi connectivity index (χ3v) is 11.3. The van der Waals surface area contributed by atoms with E-state index in [0.29, 0.717) is 19.1 Å². The van der Waals surface area contributed by atoms with Crippen molar-refractivity contribution in [3.8, 4) is 50.9 Å². The lowest BCUT2D eigenvalue weighted by Gasteiger charge is -2.16. The smallest absolute Gasteiger partial charge is 0.189 e. The number of hydrogen-bond acceptors (Lipinski definition) is 6. The normalized spacial score (nSPS) is 12.7.